The Labute approximate surface area is 68.7 Å². The summed E-state index contributed by atoms with van der Waals surface area (Å²) >= 11 is 0. The second-order valence-corrected chi connectivity index (χ2v) is 2.84. The van der Waals surface area contributed by atoms with Crippen molar-refractivity contribution < 1.29 is 4.79 Å². The Morgan fingerprint density at radius 3 is 2.55 bits per heavy atom. The number of carbonyl (C=O) groups is 1. The van der Waals surface area contributed by atoms with Gasteiger partial charge in [-0.2, -0.15) is 0 Å². The molecular formula is C9H17NO. The molecule has 0 unspecified atom stereocenters. The monoisotopic (exact) mass is 155 g/mol. The molecule has 1 N–H and O–H groups in total. The number of hydrogen-bond acceptors (Lipinski definition) is 2. The van der Waals surface area contributed by atoms with E-state index < -0.39 is 0 Å². The molecule has 0 spiro atoms. The zero-order chi connectivity index (χ0) is 8.85. The van der Waals surface area contributed by atoms with E-state index in [1.54, 1.807) is 13.1 Å². The van der Waals surface area contributed by atoms with Crippen LogP contribution < -0.4 is 5.32 Å². The van der Waals surface area contributed by atoms with Crippen molar-refractivity contribution in [1.29, 1.82) is 0 Å². The molecule has 0 aliphatic carbocycles. The van der Waals surface area contributed by atoms with Gasteiger partial charge in [-0.05, 0) is 19.0 Å². The predicted octanol–water partition coefficient (Wildman–Crippen LogP) is 1.72. The lowest BCUT2D eigenvalue weighted by Gasteiger charge is -2.19. The molecule has 0 aliphatic heterocycles. The first-order valence-corrected chi connectivity index (χ1v) is 4.00. The van der Waals surface area contributed by atoms with Crippen LogP contribution in [0.2, 0.25) is 0 Å². The van der Waals surface area contributed by atoms with Gasteiger partial charge in [0.25, 0.3) is 0 Å². The SMILES string of the molecule is C=CN[C@H](C(C)=O)[C@@H](C)CC. The molecule has 0 bridgehead atoms. The second kappa shape index (κ2) is 4.94. The lowest BCUT2D eigenvalue weighted by atomic mass is 9.96. The Bertz CT molecular complexity index is 142. The quantitative estimate of drug-likeness (QED) is 0.655. The molecular weight excluding hydrogens is 138 g/mol. The average molecular weight is 155 g/mol. The minimum atomic E-state index is -0.0579. The van der Waals surface area contributed by atoms with E-state index in [-0.39, 0.29) is 11.8 Å². The number of rotatable bonds is 5. The summed E-state index contributed by atoms with van der Waals surface area (Å²) in [5, 5.41) is 2.95. The summed E-state index contributed by atoms with van der Waals surface area (Å²) < 4.78 is 0. The normalized spacial score (nSPS) is 15.2. The van der Waals surface area contributed by atoms with Crippen LogP contribution in [0.15, 0.2) is 12.8 Å². The third-order valence-electron chi connectivity index (χ3n) is 1.95. The van der Waals surface area contributed by atoms with Gasteiger partial charge in [-0.3, -0.25) is 4.79 Å². The van der Waals surface area contributed by atoms with E-state index in [9.17, 15) is 4.79 Å². The highest BCUT2D eigenvalue weighted by Crippen LogP contribution is 2.07. The van der Waals surface area contributed by atoms with Crippen molar-refractivity contribution in [3.05, 3.63) is 12.8 Å². The maximum atomic E-state index is 11.0. The molecule has 0 aromatic rings. The highest BCUT2D eigenvalue weighted by Gasteiger charge is 2.17. The van der Waals surface area contributed by atoms with Crippen LogP contribution in [0, 0.1) is 5.92 Å². The van der Waals surface area contributed by atoms with Gasteiger partial charge in [0.05, 0.1) is 6.04 Å². The largest absolute Gasteiger partial charge is 0.382 e. The van der Waals surface area contributed by atoms with Crippen molar-refractivity contribution >= 4 is 5.78 Å². The highest BCUT2D eigenvalue weighted by molar-refractivity contribution is 5.81. The Balaban J connectivity index is 4.08. The minimum absolute atomic E-state index is 0.0579. The van der Waals surface area contributed by atoms with Crippen molar-refractivity contribution in [1.82, 2.24) is 5.32 Å². The summed E-state index contributed by atoms with van der Waals surface area (Å²) in [5.41, 5.74) is 0. The predicted molar refractivity (Wildman–Crippen MR) is 47.3 cm³/mol. The summed E-state index contributed by atoms with van der Waals surface area (Å²) in [6.45, 7) is 9.27. The lowest BCUT2D eigenvalue weighted by Crippen LogP contribution is -2.37. The van der Waals surface area contributed by atoms with E-state index in [2.05, 4.69) is 25.7 Å². The molecule has 0 saturated carbocycles. The van der Waals surface area contributed by atoms with Crippen LogP contribution in [0.25, 0.3) is 0 Å². The first-order valence-electron chi connectivity index (χ1n) is 4.00. The van der Waals surface area contributed by atoms with E-state index in [0.29, 0.717) is 5.92 Å². The van der Waals surface area contributed by atoms with E-state index in [1.807, 2.05) is 0 Å². The summed E-state index contributed by atoms with van der Waals surface area (Å²) in [7, 11) is 0. The van der Waals surface area contributed by atoms with Crippen LogP contribution in [0.3, 0.4) is 0 Å². The molecule has 0 aliphatic rings. The molecule has 0 radical (unpaired) electrons. The zero-order valence-corrected chi connectivity index (χ0v) is 7.55. The van der Waals surface area contributed by atoms with E-state index >= 15 is 0 Å². The summed E-state index contributed by atoms with van der Waals surface area (Å²) in [5.74, 6) is 0.560. The van der Waals surface area contributed by atoms with Crippen molar-refractivity contribution in [3.63, 3.8) is 0 Å². The molecule has 0 saturated heterocycles. The lowest BCUT2D eigenvalue weighted by molar-refractivity contribution is -0.119. The number of hydrogen-bond donors (Lipinski definition) is 1. The summed E-state index contributed by atoms with van der Waals surface area (Å²) in [6.07, 6.45) is 2.59. The van der Waals surface area contributed by atoms with Gasteiger partial charge in [0, 0.05) is 0 Å². The van der Waals surface area contributed by atoms with Gasteiger partial charge in [0.1, 0.15) is 0 Å². The van der Waals surface area contributed by atoms with Crippen LogP contribution in [0.1, 0.15) is 27.2 Å². The van der Waals surface area contributed by atoms with Gasteiger partial charge in [-0.25, -0.2) is 0 Å². The molecule has 0 amide bonds. The van der Waals surface area contributed by atoms with Crippen LogP contribution in [-0.4, -0.2) is 11.8 Å². The third-order valence-corrected chi connectivity index (χ3v) is 1.95. The van der Waals surface area contributed by atoms with Gasteiger partial charge in [-0.1, -0.05) is 26.8 Å². The van der Waals surface area contributed by atoms with E-state index in [0.717, 1.165) is 6.42 Å². The van der Waals surface area contributed by atoms with Crippen molar-refractivity contribution in [2.24, 2.45) is 5.92 Å². The maximum absolute atomic E-state index is 11.0. The van der Waals surface area contributed by atoms with Crippen molar-refractivity contribution in [3.8, 4) is 0 Å². The van der Waals surface area contributed by atoms with Gasteiger partial charge >= 0.3 is 0 Å². The van der Waals surface area contributed by atoms with Crippen LogP contribution in [0.5, 0.6) is 0 Å². The molecule has 0 fully saturated rings. The molecule has 0 aromatic carbocycles. The number of nitrogens with one attached hydrogen (secondary N) is 1. The molecule has 0 heterocycles. The smallest absolute Gasteiger partial charge is 0.152 e. The Morgan fingerprint density at radius 2 is 2.27 bits per heavy atom. The minimum Gasteiger partial charge on any atom is -0.382 e. The van der Waals surface area contributed by atoms with Gasteiger partial charge in [0.2, 0.25) is 0 Å². The van der Waals surface area contributed by atoms with Crippen LogP contribution >= 0.6 is 0 Å². The standard InChI is InChI=1S/C9H17NO/c1-5-7(3)9(8(4)11)10-6-2/h6-7,9-10H,2,5H2,1,3-4H3/t7-,9-/m0/s1. The van der Waals surface area contributed by atoms with Gasteiger partial charge in [0.15, 0.2) is 5.78 Å². The fraction of sp³-hybridized carbons (Fsp3) is 0.667. The van der Waals surface area contributed by atoms with Gasteiger partial charge in [-0.15, -0.1) is 0 Å². The Kier molecular flexibility index (Phi) is 4.59. The Morgan fingerprint density at radius 1 is 1.73 bits per heavy atom. The molecule has 0 rings (SSSR count). The number of ketones is 1. The molecule has 2 atom stereocenters. The van der Waals surface area contributed by atoms with Crippen LogP contribution in [-0.2, 0) is 4.79 Å². The highest BCUT2D eigenvalue weighted by atomic mass is 16.1. The topological polar surface area (TPSA) is 29.1 Å². The Hall–Kier alpha value is -0.790. The number of Topliss-reactive ketones (excluding diaryl/α,β-unsaturated/α-hetero) is 1. The van der Waals surface area contributed by atoms with Crippen molar-refractivity contribution in [2.75, 3.05) is 0 Å². The maximum Gasteiger partial charge on any atom is 0.152 e. The molecule has 2 heteroatoms. The summed E-state index contributed by atoms with van der Waals surface area (Å²) in [4.78, 5) is 11.0. The van der Waals surface area contributed by atoms with E-state index in [1.165, 1.54) is 0 Å². The fourth-order valence-corrected chi connectivity index (χ4v) is 1.04. The van der Waals surface area contributed by atoms with E-state index in [4.69, 9.17) is 0 Å². The summed E-state index contributed by atoms with van der Waals surface area (Å²) in [6, 6.07) is -0.0579. The van der Waals surface area contributed by atoms with Gasteiger partial charge < -0.3 is 5.32 Å². The number of carbonyl (C=O) groups excluding carboxylic acids is 1. The molecule has 0 aromatic heterocycles. The third kappa shape index (κ3) is 3.21. The average Bonchev–Trinajstić information content (AvgIpc) is 1.98. The van der Waals surface area contributed by atoms with Crippen molar-refractivity contribution in [2.45, 2.75) is 33.2 Å². The second-order valence-electron chi connectivity index (χ2n) is 2.84. The zero-order valence-electron chi connectivity index (χ0n) is 7.55. The fourth-order valence-electron chi connectivity index (χ4n) is 1.04. The molecule has 2 nitrogen and oxygen atoms in total. The molecule has 64 valence electrons. The first-order chi connectivity index (χ1) is 5.13. The van der Waals surface area contributed by atoms with Crippen LogP contribution in [0.4, 0.5) is 0 Å². The first kappa shape index (κ1) is 10.2. The molecule has 11 heavy (non-hydrogen) atoms.